The van der Waals surface area contributed by atoms with Gasteiger partial charge in [0.15, 0.2) is 0 Å². The van der Waals surface area contributed by atoms with Gasteiger partial charge in [-0.3, -0.25) is 14.5 Å². The van der Waals surface area contributed by atoms with Crippen molar-refractivity contribution in [2.24, 2.45) is 17.3 Å². The van der Waals surface area contributed by atoms with Crippen LogP contribution in [0.1, 0.15) is 66.4 Å². The van der Waals surface area contributed by atoms with Crippen LogP contribution in [0.3, 0.4) is 0 Å². The van der Waals surface area contributed by atoms with Crippen LogP contribution in [0, 0.1) is 17.3 Å². The Balaban J connectivity index is 1.22. The van der Waals surface area contributed by atoms with Crippen molar-refractivity contribution in [1.82, 2.24) is 14.8 Å². The summed E-state index contributed by atoms with van der Waals surface area (Å²) in [4.78, 5) is 34.3. The summed E-state index contributed by atoms with van der Waals surface area (Å²) < 4.78 is 0. The van der Waals surface area contributed by atoms with E-state index in [0.29, 0.717) is 28.8 Å². The molecule has 2 aromatic carbocycles. The molecule has 1 aromatic heterocycles. The molecule has 2 heterocycles. The van der Waals surface area contributed by atoms with Gasteiger partial charge in [0, 0.05) is 48.1 Å². The number of carbonyl (C=O) groups excluding carboxylic acids is 1. The van der Waals surface area contributed by atoms with Crippen molar-refractivity contribution in [2.45, 2.75) is 68.9 Å². The number of amides is 1. The van der Waals surface area contributed by atoms with Gasteiger partial charge in [0.25, 0.3) is 5.91 Å². The van der Waals surface area contributed by atoms with Crippen LogP contribution < -0.4 is 5.56 Å². The van der Waals surface area contributed by atoms with E-state index in [4.69, 9.17) is 0 Å². The van der Waals surface area contributed by atoms with Gasteiger partial charge in [-0.15, -0.1) is 0 Å². The van der Waals surface area contributed by atoms with Crippen molar-refractivity contribution in [3.63, 3.8) is 0 Å². The summed E-state index contributed by atoms with van der Waals surface area (Å²) in [7, 11) is 1.96. The van der Waals surface area contributed by atoms with Crippen LogP contribution in [-0.4, -0.2) is 58.0 Å². The molecule has 6 nitrogen and oxygen atoms in total. The highest BCUT2D eigenvalue weighted by Gasteiger charge is 2.71. The molecule has 5 aliphatic rings. The third-order valence-corrected chi connectivity index (χ3v) is 11.6. The SMILES string of the molecule is CN(C(=O)c1cc(=O)[nH]c2ccccc12)C1CCC23CCC1C21CCN(CC2CC2)C3Cc2ccc(O)cc21. The number of nitrogens with one attached hydrogen (secondary N) is 1. The summed E-state index contributed by atoms with van der Waals surface area (Å²) in [5.74, 6) is 1.52. The molecule has 5 atom stereocenters. The van der Waals surface area contributed by atoms with E-state index in [1.165, 1.54) is 43.0 Å². The first-order chi connectivity index (χ1) is 18.9. The molecule has 8 rings (SSSR count). The highest BCUT2D eigenvalue weighted by molar-refractivity contribution is 6.06. The topological polar surface area (TPSA) is 76.6 Å². The fourth-order valence-electron chi connectivity index (χ4n) is 9.95. The molecule has 202 valence electrons. The quantitative estimate of drug-likeness (QED) is 0.513. The highest BCUT2D eigenvalue weighted by Crippen LogP contribution is 2.72. The molecule has 0 radical (unpaired) electrons. The predicted molar refractivity (Wildman–Crippen MR) is 151 cm³/mol. The number of hydrogen-bond donors (Lipinski definition) is 2. The van der Waals surface area contributed by atoms with Gasteiger partial charge >= 0.3 is 0 Å². The van der Waals surface area contributed by atoms with Gasteiger partial charge in [-0.2, -0.15) is 0 Å². The normalized spacial score (nSPS) is 33.0. The maximum Gasteiger partial charge on any atom is 0.254 e. The number of pyridine rings is 1. The number of carbonyl (C=O) groups is 1. The van der Waals surface area contributed by atoms with E-state index in [1.54, 1.807) is 0 Å². The number of rotatable bonds is 4. The third kappa shape index (κ3) is 3.18. The van der Waals surface area contributed by atoms with Crippen molar-refractivity contribution in [1.29, 1.82) is 0 Å². The number of fused-ring (bicyclic) bond motifs is 2. The number of para-hydroxylation sites is 1. The maximum absolute atomic E-state index is 14.1. The lowest BCUT2D eigenvalue weighted by Gasteiger charge is -2.67. The average Bonchev–Trinajstić information content (AvgIpc) is 3.72. The van der Waals surface area contributed by atoms with E-state index >= 15 is 0 Å². The Morgan fingerprint density at radius 2 is 1.90 bits per heavy atom. The Hall–Kier alpha value is -3.12. The maximum atomic E-state index is 14.1. The second-order valence-electron chi connectivity index (χ2n) is 13.1. The Morgan fingerprint density at radius 1 is 1.08 bits per heavy atom. The number of aromatic amines is 1. The Labute approximate surface area is 229 Å². The van der Waals surface area contributed by atoms with Gasteiger partial charge in [0.05, 0.1) is 5.56 Å². The van der Waals surface area contributed by atoms with Crippen LogP contribution in [-0.2, 0) is 11.8 Å². The molecule has 4 bridgehead atoms. The summed E-state index contributed by atoms with van der Waals surface area (Å²) in [5, 5.41) is 11.5. The summed E-state index contributed by atoms with van der Waals surface area (Å²) in [6, 6.07) is 15.8. The molecule has 6 heteroatoms. The molecule has 4 fully saturated rings. The molecule has 1 aliphatic heterocycles. The number of H-pyrrole nitrogens is 1. The minimum atomic E-state index is -0.241. The Bertz CT molecular complexity index is 1560. The molecule has 2 N–H and O–H groups in total. The largest absolute Gasteiger partial charge is 0.508 e. The molecule has 39 heavy (non-hydrogen) atoms. The monoisotopic (exact) mass is 523 g/mol. The van der Waals surface area contributed by atoms with Crippen LogP contribution in [0.2, 0.25) is 0 Å². The van der Waals surface area contributed by atoms with Crippen molar-refractivity contribution >= 4 is 16.8 Å². The zero-order valence-corrected chi connectivity index (χ0v) is 22.7. The van der Waals surface area contributed by atoms with E-state index in [-0.39, 0.29) is 28.3 Å². The number of phenols is 1. The first-order valence-corrected chi connectivity index (χ1v) is 14.9. The summed E-state index contributed by atoms with van der Waals surface area (Å²) >= 11 is 0. The van der Waals surface area contributed by atoms with Crippen molar-refractivity contribution in [3.8, 4) is 5.75 Å². The van der Waals surface area contributed by atoms with Crippen LogP contribution in [0.5, 0.6) is 5.75 Å². The number of piperidine rings is 1. The van der Waals surface area contributed by atoms with E-state index in [9.17, 15) is 14.7 Å². The average molecular weight is 524 g/mol. The zero-order chi connectivity index (χ0) is 26.5. The van der Waals surface area contributed by atoms with Crippen LogP contribution in [0.4, 0.5) is 0 Å². The third-order valence-electron chi connectivity index (χ3n) is 11.6. The number of hydrogen-bond acceptors (Lipinski definition) is 4. The van der Waals surface area contributed by atoms with E-state index < -0.39 is 0 Å². The first kappa shape index (κ1) is 23.7. The number of phenolic OH excluding ortho intramolecular Hbond substituents is 1. The van der Waals surface area contributed by atoms with Crippen molar-refractivity contribution in [2.75, 3.05) is 20.1 Å². The number of aromatic nitrogens is 1. The minimum absolute atomic E-state index is 0.0161. The second kappa shape index (κ2) is 8.20. The van der Waals surface area contributed by atoms with Gasteiger partial charge in [0.2, 0.25) is 5.56 Å². The molecule has 1 amide bonds. The zero-order valence-electron chi connectivity index (χ0n) is 22.7. The summed E-state index contributed by atoms with van der Waals surface area (Å²) in [6.07, 6.45) is 9.35. The number of benzene rings is 2. The molecule has 0 spiro atoms. The highest BCUT2D eigenvalue weighted by atomic mass is 16.3. The molecule has 1 saturated heterocycles. The smallest absolute Gasteiger partial charge is 0.254 e. The lowest BCUT2D eigenvalue weighted by Crippen LogP contribution is -2.70. The summed E-state index contributed by atoms with van der Waals surface area (Å²) in [5.41, 5.74) is 3.90. The lowest BCUT2D eigenvalue weighted by molar-refractivity contribution is -0.104. The Kier molecular flexibility index (Phi) is 4.99. The standard InChI is InChI=1S/C33H37N3O3/c1-35(31(39)24-18-30(38)34-27-5-3-2-4-23(24)27)28-11-13-32-12-10-25(28)33(32)14-15-36(19-20-6-7-20)29(32)16-21-8-9-22(37)17-26(21)33/h2-5,8-9,17-18,20,25,28-29,37H,6-7,10-16,19H2,1H3,(H,34,38). The van der Waals surface area contributed by atoms with E-state index in [1.807, 2.05) is 42.3 Å². The van der Waals surface area contributed by atoms with Gasteiger partial charge in [-0.05, 0) is 104 Å². The van der Waals surface area contributed by atoms with Gasteiger partial charge in [0.1, 0.15) is 5.75 Å². The van der Waals surface area contributed by atoms with Crippen LogP contribution >= 0.6 is 0 Å². The van der Waals surface area contributed by atoms with Gasteiger partial charge in [-0.25, -0.2) is 0 Å². The lowest BCUT2D eigenvalue weighted by atomic mass is 9.43. The second-order valence-corrected chi connectivity index (χ2v) is 13.1. The molecular weight excluding hydrogens is 486 g/mol. The van der Waals surface area contributed by atoms with Crippen molar-refractivity contribution < 1.29 is 9.90 Å². The number of likely N-dealkylation sites (tertiary alicyclic amines) is 1. The first-order valence-electron chi connectivity index (χ1n) is 14.9. The Morgan fingerprint density at radius 3 is 2.74 bits per heavy atom. The number of nitrogens with zero attached hydrogens (tertiary/aromatic N) is 2. The van der Waals surface area contributed by atoms with Gasteiger partial charge < -0.3 is 15.0 Å². The van der Waals surface area contributed by atoms with Gasteiger partial charge in [-0.1, -0.05) is 24.3 Å². The number of aromatic hydroxyl groups is 1. The minimum Gasteiger partial charge on any atom is -0.508 e. The van der Waals surface area contributed by atoms with Crippen molar-refractivity contribution in [3.05, 3.63) is 75.6 Å². The molecular formula is C33H37N3O3. The summed E-state index contributed by atoms with van der Waals surface area (Å²) in [6.45, 7) is 2.34. The van der Waals surface area contributed by atoms with E-state index in [2.05, 4.69) is 22.0 Å². The van der Waals surface area contributed by atoms with Crippen LogP contribution in [0.15, 0.2) is 53.3 Å². The molecule has 3 saturated carbocycles. The predicted octanol–water partition coefficient (Wildman–Crippen LogP) is 4.84. The fourth-order valence-corrected chi connectivity index (χ4v) is 9.95. The molecule has 3 aromatic rings. The molecule has 4 aliphatic carbocycles. The van der Waals surface area contributed by atoms with E-state index in [0.717, 1.165) is 50.0 Å². The molecule has 5 unspecified atom stereocenters. The van der Waals surface area contributed by atoms with Crippen LogP contribution in [0.25, 0.3) is 10.9 Å². The fraction of sp³-hybridized carbons (Fsp3) is 0.515.